The van der Waals surface area contributed by atoms with E-state index in [-0.39, 0.29) is 6.04 Å². The van der Waals surface area contributed by atoms with Crippen molar-refractivity contribution in [2.75, 3.05) is 11.9 Å². The van der Waals surface area contributed by atoms with Crippen LogP contribution < -0.4 is 10.0 Å². The number of rotatable bonds is 5. The maximum atomic E-state index is 12.5. The number of aromatic nitrogens is 1. The van der Waals surface area contributed by atoms with E-state index in [0.717, 1.165) is 29.2 Å². The minimum absolute atomic E-state index is 0.277. The summed E-state index contributed by atoms with van der Waals surface area (Å²) in [5.41, 5.74) is 2.08. The van der Waals surface area contributed by atoms with Crippen molar-refractivity contribution in [1.82, 2.24) is 9.71 Å². The molecule has 1 aliphatic heterocycles. The van der Waals surface area contributed by atoms with Crippen LogP contribution in [0.4, 0.5) is 5.69 Å². The van der Waals surface area contributed by atoms with E-state index in [9.17, 15) is 8.42 Å². The van der Waals surface area contributed by atoms with Crippen LogP contribution in [-0.2, 0) is 16.4 Å². The molecule has 0 amide bonds. The molecule has 2 heterocycles. The molecule has 0 bridgehead atoms. The second kappa shape index (κ2) is 5.75. The number of benzene rings is 1. The van der Waals surface area contributed by atoms with Gasteiger partial charge in [0.1, 0.15) is 5.01 Å². The number of hydrogen-bond donors (Lipinski definition) is 2. The van der Waals surface area contributed by atoms with Crippen molar-refractivity contribution in [1.29, 1.82) is 0 Å². The molecule has 2 aromatic rings. The van der Waals surface area contributed by atoms with Gasteiger partial charge in [-0.25, -0.2) is 18.1 Å². The molecule has 1 aliphatic rings. The van der Waals surface area contributed by atoms with Gasteiger partial charge in [-0.3, -0.25) is 0 Å². The summed E-state index contributed by atoms with van der Waals surface area (Å²) in [4.78, 5) is 4.52. The minimum Gasteiger partial charge on any atom is -0.384 e. The Balaban J connectivity index is 1.86. The maximum Gasteiger partial charge on any atom is 0.241 e. The first-order chi connectivity index (χ1) is 10.1. The quantitative estimate of drug-likeness (QED) is 0.887. The number of nitrogens with zero attached hydrogens (tertiary/aromatic N) is 1. The van der Waals surface area contributed by atoms with Crippen molar-refractivity contribution in [3.05, 3.63) is 40.3 Å². The molecule has 0 radical (unpaired) electrons. The Morgan fingerprint density at radius 2 is 2.33 bits per heavy atom. The van der Waals surface area contributed by atoms with Crippen LogP contribution in [-0.4, -0.2) is 19.9 Å². The lowest BCUT2D eigenvalue weighted by atomic mass is 10.2. The Labute approximate surface area is 128 Å². The van der Waals surface area contributed by atoms with Gasteiger partial charge in [0.25, 0.3) is 0 Å². The predicted molar refractivity (Wildman–Crippen MR) is 84.1 cm³/mol. The molecule has 7 heteroatoms. The zero-order valence-corrected chi connectivity index (χ0v) is 13.3. The van der Waals surface area contributed by atoms with Crippen LogP contribution in [0, 0.1) is 0 Å². The van der Waals surface area contributed by atoms with Gasteiger partial charge in [-0.1, -0.05) is 6.92 Å². The summed E-state index contributed by atoms with van der Waals surface area (Å²) in [5, 5.41) is 5.88. The SMILES string of the molecule is CCC(NS(=O)(=O)c1ccc2c(c1)CCN2)c1nccs1. The van der Waals surface area contributed by atoms with Crippen molar-refractivity contribution in [2.45, 2.75) is 30.7 Å². The molecule has 1 unspecified atom stereocenters. The van der Waals surface area contributed by atoms with Crippen molar-refractivity contribution in [3.63, 3.8) is 0 Å². The summed E-state index contributed by atoms with van der Waals surface area (Å²) < 4.78 is 27.8. The summed E-state index contributed by atoms with van der Waals surface area (Å²) in [6, 6.07) is 4.96. The van der Waals surface area contributed by atoms with Crippen LogP contribution in [0.3, 0.4) is 0 Å². The Hall–Kier alpha value is -1.44. The van der Waals surface area contributed by atoms with Gasteiger partial charge in [0.05, 0.1) is 10.9 Å². The number of anilines is 1. The molecular weight excluding hydrogens is 306 g/mol. The number of nitrogens with one attached hydrogen (secondary N) is 2. The molecule has 0 fully saturated rings. The molecule has 0 spiro atoms. The van der Waals surface area contributed by atoms with Crippen LogP contribution in [0.5, 0.6) is 0 Å². The Kier molecular flexibility index (Phi) is 3.97. The zero-order valence-electron chi connectivity index (χ0n) is 11.7. The largest absolute Gasteiger partial charge is 0.384 e. The average molecular weight is 323 g/mol. The fourth-order valence-electron chi connectivity index (χ4n) is 2.42. The van der Waals surface area contributed by atoms with Gasteiger partial charge in [0.2, 0.25) is 10.0 Å². The molecule has 0 saturated carbocycles. The number of sulfonamides is 1. The Bertz CT molecular complexity index is 727. The van der Waals surface area contributed by atoms with E-state index < -0.39 is 10.0 Å². The highest BCUT2D eigenvalue weighted by Gasteiger charge is 2.23. The third-order valence-electron chi connectivity index (χ3n) is 3.55. The molecule has 1 atom stereocenters. The number of hydrogen-bond acceptors (Lipinski definition) is 5. The van der Waals surface area contributed by atoms with E-state index in [1.807, 2.05) is 18.4 Å². The lowest BCUT2D eigenvalue weighted by Gasteiger charge is -2.15. The molecule has 112 valence electrons. The van der Waals surface area contributed by atoms with Crippen molar-refractivity contribution in [2.24, 2.45) is 0 Å². The van der Waals surface area contributed by atoms with Gasteiger partial charge in [-0.15, -0.1) is 11.3 Å². The fraction of sp³-hybridized carbons (Fsp3) is 0.357. The summed E-state index contributed by atoms with van der Waals surface area (Å²) >= 11 is 1.46. The highest BCUT2D eigenvalue weighted by atomic mass is 32.2. The molecule has 0 aliphatic carbocycles. The van der Waals surface area contributed by atoms with Crippen LogP contribution in [0.1, 0.15) is 30.0 Å². The zero-order chi connectivity index (χ0) is 14.9. The van der Waals surface area contributed by atoms with E-state index in [1.54, 1.807) is 18.3 Å². The molecule has 21 heavy (non-hydrogen) atoms. The van der Waals surface area contributed by atoms with Gasteiger partial charge >= 0.3 is 0 Å². The standard InChI is InChI=1S/C14H17N3O2S2/c1-2-12(14-16-7-8-20-14)17-21(18,19)11-3-4-13-10(9-11)5-6-15-13/h3-4,7-9,12,15,17H,2,5-6H2,1H3. The third-order valence-corrected chi connectivity index (χ3v) is 5.91. The normalized spacial score (nSPS) is 15.5. The summed E-state index contributed by atoms with van der Waals surface area (Å²) in [7, 11) is -3.53. The summed E-state index contributed by atoms with van der Waals surface area (Å²) in [6.45, 7) is 2.81. The average Bonchev–Trinajstić information content (AvgIpc) is 3.14. The van der Waals surface area contributed by atoms with Crippen molar-refractivity contribution >= 4 is 27.0 Å². The van der Waals surface area contributed by atoms with Crippen LogP contribution in [0.15, 0.2) is 34.7 Å². The lowest BCUT2D eigenvalue weighted by Crippen LogP contribution is -2.28. The van der Waals surface area contributed by atoms with Gasteiger partial charge in [0.15, 0.2) is 0 Å². The van der Waals surface area contributed by atoms with Crippen molar-refractivity contribution < 1.29 is 8.42 Å². The van der Waals surface area contributed by atoms with Gasteiger partial charge in [-0.05, 0) is 36.6 Å². The van der Waals surface area contributed by atoms with Gasteiger partial charge in [0, 0.05) is 23.8 Å². The first-order valence-corrected chi connectivity index (χ1v) is 9.25. The van der Waals surface area contributed by atoms with Crippen LogP contribution in [0.2, 0.25) is 0 Å². The van der Waals surface area contributed by atoms with Crippen molar-refractivity contribution in [3.8, 4) is 0 Å². The van der Waals surface area contributed by atoms with Gasteiger partial charge in [-0.2, -0.15) is 0 Å². The molecule has 0 saturated heterocycles. The van der Waals surface area contributed by atoms with E-state index >= 15 is 0 Å². The van der Waals surface area contributed by atoms with Crippen LogP contribution >= 0.6 is 11.3 Å². The molecule has 3 rings (SSSR count). The maximum absolute atomic E-state index is 12.5. The van der Waals surface area contributed by atoms with E-state index in [0.29, 0.717) is 11.3 Å². The third kappa shape index (κ3) is 2.95. The first kappa shape index (κ1) is 14.5. The first-order valence-electron chi connectivity index (χ1n) is 6.88. The monoisotopic (exact) mass is 323 g/mol. The smallest absolute Gasteiger partial charge is 0.241 e. The van der Waals surface area contributed by atoms with E-state index in [2.05, 4.69) is 15.0 Å². The molecule has 1 aromatic heterocycles. The molecule has 2 N–H and O–H groups in total. The van der Waals surface area contributed by atoms with E-state index in [1.165, 1.54) is 11.3 Å². The second-order valence-corrected chi connectivity index (χ2v) is 7.59. The summed E-state index contributed by atoms with van der Waals surface area (Å²) in [5.74, 6) is 0. The van der Waals surface area contributed by atoms with Crippen LogP contribution in [0.25, 0.3) is 0 Å². The molecular formula is C14H17N3O2S2. The predicted octanol–water partition coefficient (Wildman–Crippen LogP) is 2.54. The van der Waals surface area contributed by atoms with Gasteiger partial charge < -0.3 is 5.32 Å². The van der Waals surface area contributed by atoms with E-state index in [4.69, 9.17) is 0 Å². The lowest BCUT2D eigenvalue weighted by molar-refractivity contribution is 0.549. The molecule has 5 nitrogen and oxygen atoms in total. The minimum atomic E-state index is -3.53. The number of thiazole rings is 1. The Morgan fingerprint density at radius 1 is 1.48 bits per heavy atom. The second-order valence-electron chi connectivity index (χ2n) is 4.95. The highest BCUT2D eigenvalue weighted by molar-refractivity contribution is 7.89. The highest BCUT2D eigenvalue weighted by Crippen LogP contribution is 2.27. The topological polar surface area (TPSA) is 71.1 Å². The summed E-state index contributed by atoms with van der Waals surface area (Å²) in [6.07, 6.45) is 3.22. The Morgan fingerprint density at radius 3 is 3.05 bits per heavy atom. The number of fused-ring (bicyclic) bond motifs is 1. The fourth-order valence-corrected chi connectivity index (χ4v) is 4.60. The molecule has 1 aromatic carbocycles.